The van der Waals surface area contributed by atoms with Gasteiger partial charge in [-0.05, 0) is 37.1 Å². The Morgan fingerprint density at radius 3 is 2.38 bits per heavy atom. The van der Waals surface area contributed by atoms with Gasteiger partial charge in [-0.25, -0.2) is 0 Å². The quantitative estimate of drug-likeness (QED) is 0.537. The Morgan fingerprint density at radius 2 is 1.79 bits per heavy atom. The van der Waals surface area contributed by atoms with Crippen molar-refractivity contribution in [1.29, 1.82) is 0 Å². The van der Waals surface area contributed by atoms with Crippen molar-refractivity contribution in [3.05, 3.63) is 65.2 Å². The Balaban J connectivity index is 2.23. The predicted molar refractivity (Wildman–Crippen MR) is 93.9 cm³/mol. The lowest BCUT2D eigenvalue weighted by molar-refractivity contribution is -0.144. The standard InChI is InChI=1S/C19H22N2O3/c1-3-19(2,18(23)24)21-12-15-11-14(9-10-16(15)20)17(22)13-7-5-4-6-8-13/h4-11,21H,3,12,20H2,1-2H3,(H,23,24). The summed E-state index contributed by atoms with van der Waals surface area (Å²) >= 11 is 0. The van der Waals surface area contributed by atoms with Gasteiger partial charge in [0.1, 0.15) is 5.54 Å². The first-order valence-corrected chi connectivity index (χ1v) is 7.84. The molecule has 0 amide bonds. The van der Waals surface area contributed by atoms with E-state index < -0.39 is 11.5 Å². The maximum atomic E-state index is 12.5. The van der Waals surface area contributed by atoms with Gasteiger partial charge in [-0.3, -0.25) is 14.9 Å². The molecule has 0 aliphatic carbocycles. The molecule has 1 atom stereocenters. The van der Waals surface area contributed by atoms with E-state index in [9.17, 15) is 14.7 Å². The Bertz CT molecular complexity index is 744. The second-order valence-electron chi connectivity index (χ2n) is 5.95. The minimum Gasteiger partial charge on any atom is -0.480 e. The van der Waals surface area contributed by atoms with E-state index in [0.717, 1.165) is 0 Å². The number of hydrogen-bond acceptors (Lipinski definition) is 4. The Morgan fingerprint density at radius 1 is 1.12 bits per heavy atom. The first-order valence-electron chi connectivity index (χ1n) is 7.84. The summed E-state index contributed by atoms with van der Waals surface area (Å²) in [4.78, 5) is 23.9. The molecule has 1 unspecified atom stereocenters. The van der Waals surface area contributed by atoms with E-state index in [1.807, 2.05) is 18.2 Å². The first kappa shape index (κ1) is 17.7. The van der Waals surface area contributed by atoms with Gasteiger partial charge in [0.15, 0.2) is 5.78 Å². The van der Waals surface area contributed by atoms with Crippen molar-refractivity contribution in [3.63, 3.8) is 0 Å². The number of anilines is 1. The summed E-state index contributed by atoms with van der Waals surface area (Å²) in [5, 5.41) is 12.3. The summed E-state index contributed by atoms with van der Waals surface area (Å²) in [6.45, 7) is 3.71. The van der Waals surface area contributed by atoms with Crippen LogP contribution in [-0.4, -0.2) is 22.4 Å². The number of ketones is 1. The number of aliphatic carboxylic acids is 1. The summed E-state index contributed by atoms with van der Waals surface area (Å²) in [6, 6.07) is 14.1. The van der Waals surface area contributed by atoms with Crippen molar-refractivity contribution < 1.29 is 14.7 Å². The summed E-state index contributed by atoms with van der Waals surface area (Å²) in [7, 11) is 0. The van der Waals surface area contributed by atoms with Crippen LogP contribution >= 0.6 is 0 Å². The maximum absolute atomic E-state index is 12.5. The number of nitrogen functional groups attached to an aromatic ring is 1. The summed E-state index contributed by atoms with van der Waals surface area (Å²) in [5.41, 5.74) is 7.30. The third kappa shape index (κ3) is 3.81. The van der Waals surface area contributed by atoms with Crippen molar-refractivity contribution in [1.82, 2.24) is 5.32 Å². The zero-order valence-corrected chi connectivity index (χ0v) is 13.9. The van der Waals surface area contributed by atoms with Crippen LogP contribution in [-0.2, 0) is 11.3 Å². The van der Waals surface area contributed by atoms with Crippen molar-refractivity contribution >= 4 is 17.4 Å². The van der Waals surface area contributed by atoms with Gasteiger partial charge in [-0.2, -0.15) is 0 Å². The SMILES string of the molecule is CCC(C)(NCc1cc(C(=O)c2ccccc2)ccc1N)C(=O)O. The van der Waals surface area contributed by atoms with Crippen LogP contribution in [0, 0.1) is 0 Å². The van der Waals surface area contributed by atoms with Gasteiger partial charge < -0.3 is 10.8 Å². The Kier molecular flexibility index (Phi) is 5.36. The number of rotatable bonds is 7. The molecule has 5 nitrogen and oxygen atoms in total. The van der Waals surface area contributed by atoms with E-state index in [1.54, 1.807) is 44.2 Å². The molecule has 2 rings (SSSR count). The molecular formula is C19H22N2O3. The maximum Gasteiger partial charge on any atom is 0.323 e. The molecule has 0 saturated heterocycles. The molecule has 0 fully saturated rings. The number of carbonyl (C=O) groups excluding carboxylic acids is 1. The van der Waals surface area contributed by atoms with Gasteiger partial charge in [-0.1, -0.05) is 37.3 Å². The number of hydrogen-bond donors (Lipinski definition) is 3. The van der Waals surface area contributed by atoms with E-state index in [-0.39, 0.29) is 12.3 Å². The number of carboxylic acids is 1. The summed E-state index contributed by atoms with van der Waals surface area (Å²) < 4.78 is 0. The molecule has 24 heavy (non-hydrogen) atoms. The van der Waals surface area contributed by atoms with Gasteiger partial charge in [0.05, 0.1) is 0 Å². The molecule has 126 valence electrons. The lowest BCUT2D eigenvalue weighted by Crippen LogP contribution is -2.48. The van der Waals surface area contributed by atoms with E-state index in [2.05, 4.69) is 5.32 Å². The van der Waals surface area contributed by atoms with Crippen LogP contribution < -0.4 is 11.1 Å². The lowest BCUT2D eigenvalue weighted by atomic mass is 9.97. The monoisotopic (exact) mass is 326 g/mol. The van der Waals surface area contributed by atoms with E-state index in [4.69, 9.17) is 5.73 Å². The van der Waals surface area contributed by atoms with Crippen molar-refractivity contribution in [2.45, 2.75) is 32.4 Å². The van der Waals surface area contributed by atoms with Crippen molar-refractivity contribution in [3.8, 4) is 0 Å². The highest BCUT2D eigenvalue weighted by molar-refractivity contribution is 6.09. The van der Waals surface area contributed by atoms with Gasteiger partial charge in [0.2, 0.25) is 0 Å². The number of carbonyl (C=O) groups is 2. The number of nitrogens with two attached hydrogens (primary N) is 1. The highest BCUT2D eigenvalue weighted by atomic mass is 16.4. The van der Waals surface area contributed by atoms with Gasteiger partial charge in [-0.15, -0.1) is 0 Å². The fourth-order valence-corrected chi connectivity index (χ4v) is 2.30. The third-order valence-electron chi connectivity index (χ3n) is 4.29. The predicted octanol–water partition coefficient (Wildman–Crippen LogP) is 2.84. The average Bonchev–Trinajstić information content (AvgIpc) is 2.60. The highest BCUT2D eigenvalue weighted by Crippen LogP contribution is 2.19. The summed E-state index contributed by atoms with van der Waals surface area (Å²) in [5.74, 6) is -1.01. The van der Waals surface area contributed by atoms with Gasteiger partial charge in [0.25, 0.3) is 0 Å². The molecule has 0 saturated carbocycles. The van der Waals surface area contributed by atoms with Gasteiger partial charge in [0, 0.05) is 23.4 Å². The van der Waals surface area contributed by atoms with Crippen molar-refractivity contribution in [2.75, 3.05) is 5.73 Å². The fourth-order valence-electron chi connectivity index (χ4n) is 2.30. The van der Waals surface area contributed by atoms with Crippen LogP contribution in [0.2, 0.25) is 0 Å². The third-order valence-corrected chi connectivity index (χ3v) is 4.29. The molecule has 0 bridgehead atoms. The fraction of sp³-hybridized carbons (Fsp3) is 0.263. The number of carboxylic acid groups (broad SMARTS) is 1. The topological polar surface area (TPSA) is 92.4 Å². The molecule has 4 N–H and O–H groups in total. The Labute approximate surface area is 141 Å². The van der Waals surface area contributed by atoms with Crippen LogP contribution in [0.5, 0.6) is 0 Å². The first-order chi connectivity index (χ1) is 11.4. The molecule has 0 aromatic heterocycles. The van der Waals surface area contributed by atoms with Crippen LogP contribution in [0.15, 0.2) is 48.5 Å². The van der Waals surface area contributed by atoms with E-state index in [0.29, 0.717) is 28.8 Å². The average molecular weight is 326 g/mol. The summed E-state index contributed by atoms with van der Waals surface area (Å²) in [6.07, 6.45) is 0.435. The molecule has 0 spiro atoms. The second kappa shape index (κ2) is 7.27. The van der Waals surface area contributed by atoms with Crippen LogP contribution in [0.3, 0.4) is 0 Å². The zero-order chi connectivity index (χ0) is 17.7. The molecule has 0 aliphatic heterocycles. The van der Waals surface area contributed by atoms with Crippen LogP contribution in [0.4, 0.5) is 5.69 Å². The van der Waals surface area contributed by atoms with Gasteiger partial charge >= 0.3 is 5.97 Å². The van der Waals surface area contributed by atoms with Crippen molar-refractivity contribution in [2.24, 2.45) is 0 Å². The zero-order valence-electron chi connectivity index (χ0n) is 13.9. The molecule has 0 radical (unpaired) electrons. The normalized spacial score (nSPS) is 13.2. The largest absolute Gasteiger partial charge is 0.480 e. The molecule has 5 heteroatoms. The smallest absolute Gasteiger partial charge is 0.323 e. The Hall–Kier alpha value is -2.66. The molecular weight excluding hydrogens is 304 g/mol. The minimum atomic E-state index is -1.04. The second-order valence-corrected chi connectivity index (χ2v) is 5.95. The van der Waals surface area contributed by atoms with E-state index >= 15 is 0 Å². The molecule has 0 heterocycles. The lowest BCUT2D eigenvalue weighted by Gasteiger charge is -2.25. The molecule has 2 aromatic carbocycles. The minimum absolute atomic E-state index is 0.0895. The van der Waals surface area contributed by atoms with E-state index in [1.165, 1.54) is 0 Å². The highest BCUT2D eigenvalue weighted by Gasteiger charge is 2.30. The molecule has 0 aliphatic rings. The molecule has 2 aromatic rings. The number of nitrogens with one attached hydrogen (secondary N) is 1. The van der Waals surface area contributed by atoms with Crippen LogP contribution in [0.1, 0.15) is 41.8 Å². The van der Waals surface area contributed by atoms with Crippen LogP contribution in [0.25, 0.3) is 0 Å². The number of benzene rings is 2.